The predicted octanol–water partition coefficient (Wildman–Crippen LogP) is 0.801. The second-order valence-electron chi connectivity index (χ2n) is 1.72. The molecule has 0 atom stereocenters. The van der Waals surface area contributed by atoms with Crippen molar-refractivity contribution in [2.75, 3.05) is 12.5 Å². The minimum atomic E-state index is -0.787. The van der Waals surface area contributed by atoms with Crippen LogP contribution in [-0.4, -0.2) is 26.2 Å². The Bertz CT molecular complexity index is 38.5. The second-order valence-corrected chi connectivity index (χ2v) is 5.17. The summed E-state index contributed by atoms with van der Waals surface area (Å²) in [5, 5.41) is 0. The van der Waals surface area contributed by atoms with Gasteiger partial charge in [-0.2, -0.15) is 0 Å². The molecule has 0 aromatic carbocycles. The average Bonchev–Trinajstić information content (AvgIpc) is 1.35. The van der Waals surface area contributed by atoms with Crippen LogP contribution in [0.3, 0.4) is 0 Å². The molecular weight excluding hydrogens is 89.7 g/mol. The highest BCUT2D eigenvalue weighted by molar-refractivity contribution is 8.64. The highest BCUT2D eigenvalue weighted by atomic mass is 32.3. The van der Waals surface area contributed by atoms with Gasteiger partial charge in [0.05, 0.1) is 0 Å². The summed E-state index contributed by atoms with van der Waals surface area (Å²) >= 11 is 0. The van der Waals surface area contributed by atoms with E-state index >= 15 is 0 Å². The van der Waals surface area contributed by atoms with Gasteiger partial charge in [-0.05, 0) is 0 Å². The summed E-state index contributed by atoms with van der Waals surface area (Å²) < 4.78 is 0. The first-order valence-electron chi connectivity index (χ1n) is 1.87. The van der Waals surface area contributed by atoms with Crippen LogP contribution in [0.1, 0.15) is 0 Å². The van der Waals surface area contributed by atoms with Gasteiger partial charge in [0.2, 0.25) is 0 Å². The van der Waals surface area contributed by atoms with Crippen molar-refractivity contribution >= 4 is 23.4 Å². The normalized spacial score (nSPS) is 13.8. The Kier molecular flexibility index (Phi) is 2.12. The molecule has 0 nitrogen and oxygen atoms in total. The molecule has 3 heteroatoms. The lowest BCUT2D eigenvalue weighted by atomic mass is 10.2. The molecule has 0 bridgehead atoms. The molecule has 0 N–H and O–H groups in total. The SMILES string of the molecule is [B]S(C)(C)[B]C. The van der Waals surface area contributed by atoms with Crippen LogP contribution in [0.25, 0.3) is 0 Å². The van der Waals surface area contributed by atoms with E-state index in [1.807, 2.05) is 25.9 Å². The molecule has 0 rings (SSSR count). The van der Waals surface area contributed by atoms with E-state index in [4.69, 9.17) is 7.12 Å². The van der Waals surface area contributed by atoms with Crippen LogP contribution in [0.5, 0.6) is 0 Å². The van der Waals surface area contributed by atoms with Gasteiger partial charge in [0.15, 0.2) is 6.56 Å². The standard InChI is InChI=1S/C3H9B2S/c1-5-6(2,3)4/h1-3H3. The molecule has 0 aromatic heterocycles. The maximum Gasteiger partial charge on any atom is 0.155 e. The highest BCUT2D eigenvalue weighted by Crippen LogP contribution is 2.29. The Morgan fingerprint density at radius 1 is 1.50 bits per heavy atom. The van der Waals surface area contributed by atoms with E-state index in [9.17, 15) is 0 Å². The number of hydrogen-bond donors (Lipinski definition) is 0. The van der Waals surface area contributed by atoms with Gasteiger partial charge in [-0.25, -0.2) is 0 Å². The van der Waals surface area contributed by atoms with Gasteiger partial charge >= 0.3 is 0 Å². The molecule has 33 valence electrons. The van der Waals surface area contributed by atoms with Gasteiger partial charge < -0.3 is 9.73 Å². The van der Waals surface area contributed by atoms with E-state index in [1.54, 1.807) is 0 Å². The number of hydrogen-bond acceptors (Lipinski definition) is 0. The fourth-order valence-corrected chi connectivity index (χ4v) is 0. The van der Waals surface area contributed by atoms with E-state index in [0.717, 1.165) is 0 Å². The maximum atomic E-state index is 5.56. The van der Waals surface area contributed by atoms with Crippen molar-refractivity contribution in [2.45, 2.75) is 6.82 Å². The molecule has 0 saturated heterocycles. The van der Waals surface area contributed by atoms with Crippen LogP contribution >= 0.6 is 9.73 Å². The molecule has 0 aliphatic heterocycles. The molecular formula is C3H9B2S. The smallest absolute Gasteiger partial charge is 0.155 e. The zero-order chi connectivity index (χ0) is 5.21. The van der Waals surface area contributed by atoms with Crippen molar-refractivity contribution < 1.29 is 0 Å². The Morgan fingerprint density at radius 3 is 1.67 bits per heavy atom. The zero-order valence-corrected chi connectivity index (χ0v) is 5.38. The van der Waals surface area contributed by atoms with Gasteiger partial charge in [0.1, 0.15) is 7.12 Å². The third-order valence-corrected chi connectivity index (χ3v) is 1.82. The quantitative estimate of drug-likeness (QED) is 0.426. The summed E-state index contributed by atoms with van der Waals surface area (Å²) in [6.07, 6.45) is 4.10. The Morgan fingerprint density at radius 2 is 1.67 bits per heavy atom. The summed E-state index contributed by atoms with van der Waals surface area (Å²) in [6, 6.07) is 0. The van der Waals surface area contributed by atoms with E-state index in [0.29, 0.717) is 0 Å². The van der Waals surface area contributed by atoms with Crippen molar-refractivity contribution in [1.82, 2.24) is 0 Å². The van der Waals surface area contributed by atoms with Crippen molar-refractivity contribution in [3.8, 4) is 0 Å². The van der Waals surface area contributed by atoms with Crippen molar-refractivity contribution in [3.05, 3.63) is 0 Å². The summed E-state index contributed by atoms with van der Waals surface area (Å²) in [5.74, 6) is 0. The van der Waals surface area contributed by atoms with Gasteiger partial charge in [-0.1, -0.05) is 19.3 Å². The van der Waals surface area contributed by atoms with Crippen LogP contribution in [0.2, 0.25) is 6.82 Å². The van der Waals surface area contributed by atoms with Crippen molar-refractivity contribution in [1.29, 1.82) is 0 Å². The fourth-order valence-electron chi connectivity index (χ4n) is 0. The molecule has 0 unspecified atom stereocenters. The topological polar surface area (TPSA) is 0 Å². The molecule has 0 aliphatic carbocycles. The molecule has 0 amide bonds. The van der Waals surface area contributed by atoms with Crippen molar-refractivity contribution in [3.63, 3.8) is 0 Å². The van der Waals surface area contributed by atoms with Gasteiger partial charge in [-0.3, -0.25) is 0 Å². The highest BCUT2D eigenvalue weighted by Gasteiger charge is 1.97. The Balaban J connectivity index is 3.17. The summed E-state index contributed by atoms with van der Waals surface area (Å²) in [7, 11) is 4.78. The van der Waals surface area contributed by atoms with Gasteiger partial charge in [0, 0.05) is 0 Å². The van der Waals surface area contributed by atoms with E-state index in [1.165, 1.54) is 0 Å². The molecule has 0 aromatic rings. The lowest BCUT2D eigenvalue weighted by Crippen LogP contribution is -1.98. The van der Waals surface area contributed by atoms with E-state index in [2.05, 4.69) is 0 Å². The first-order chi connectivity index (χ1) is 2.56. The van der Waals surface area contributed by atoms with Crippen LogP contribution in [0, 0.1) is 0 Å². The van der Waals surface area contributed by atoms with E-state index in [-0.39, 0.29) is 0 Å². The summed E-state index contributed by atoms with van der Waals surface area (Å²) in [4.78, 5) is 0. The second kappa shape index (κ2) is 1.97. The molecule has 0 aliphatic rings. The predicted molar refractivity (Wildman–Crippen MR) is 36.8 cm³/mol. The van der Waals surface area contributed by atoms with Crippen LogP contribution in [-0.2, 0) is 0 Å². The van der Waals surface area contributed by atoms with Gasteiger partial charge in [0.25, 0.3) is 0 Å². The maximum absolute atomic E-state index is 5.56. The summed E-state index contributed by atoms with van der Waals surface area (Å²) in [5.41, 5.74) is 0. The first-order valence-corrected chi connectivity index (χ1v) is 4.44. The number of rotatable bonds is 1. The molecule has 6 heavy (non-hydrogen) atoms. The Labute approximate surface area is 43.5 Å². The zero-order valence-electron chi connectivity index (χ0n) is 4.56. The lowest BCUT2D eigenvalue weighted by Gasteiger charge is -2.21. The molecule has 0 fully saturated rings. The first kappa shape index (κ1) is 6.48. The third kappa shape index (κ3) is 4.48. The molecule has 0 saturated carbocycles. The van der Waals surface area contributed by atoms with Crippen molar-refractivity contribution in [2.24, 2.45) is 0 Å². The fraction of sp³-hybridized carbons (Fsp3) is 1.00. The Hall–Kier alpha value is 0.480. The monoisotopic (exact) mass is 99.1 g/mol. The van der Waals surface area contributed by atoms with Crippen LogP contribution in [0.15, 0.2) is 0 Å². The minimum absolute atomic E-state index is 0.787. The van der Waals surface area contributed by atoms with Crippen LogP contribution in [0.4, 0.5) is 0 Å². The molecule has 0 spiro atoms. The lowest BCUT2D eigenvalue weighted by molar-refractivity contribution is 2.27. The third-order valence-electron chi connectivity index (χ3n) is 0.607. The largest absolute Gasteiger partial charge is 0.322 e. The average molecular weight is 98.8 g/mol. The van der Waals surface area contributed by atoms with Gasteiger partial charge in [-0.15, -0.1) is 0 Å². The van der Waals surface area contributed by atoms with E-state index < -0.39 is 9.73 Å². The van der Waals surface area contributed by atoms with Crippen LogP contribution < -0.4 is 0 Å². The molecule has 3 radical (unpaired) electrons. The summed E-state index contributed by atoms with van der Waals surface area (Å²) in [6.45, 7) is 4.04. The molecule has 0 heterocycles. The minimum Gasteiger partial charge on any atom is -0.322 e.